The van der Waals surface area contributed by atoms with E-state index in [0.717, 1.165) is 11.3 Å². The standard InChI is InChI=1S/C7H7IN2O/c1-5-2-3-9-4-6(5)10-7(8)11/h2-4H,1H3,(H,10,11). The molecule has 0 aliphatic carbocycles. The first-order valence-corrected chi connectivity index (χ1v) is 4.15. The van der Waals surface area contributed by atoms with Gasteiger partial charge in [-0.05, 0) is 18.6 Å². The largest absolute Gasteiger partial charge is 0.316 e. The summed E-state index contributed by atoms with van der Waals surface area (Å²) in [5.74, 6) is 0. The molecule has 0 unspecified atom stereocenters. The van der Waals surface area contributed by atoms with E-state index in [4.69, 9.17) is 0 Å². The predicted octanol–water partition coefficient (Wildman–Crippen LogP) is 2.36. The fourth-order valence-corrected chi connectivity index (χ4v) is 0.991. The number of amides is 1. The molecule has 0 atom stereocenters. The van der Waals surface area contributed by atoms with Gasteiger partial charge in [0.15, 0.2) is 0 Å². The first-order valence-electron chi connectivity index (χ1n) is 3.07. The average molecular weight is 262 g/mol. The fourth-order valence-electron chi connectivity index (χ4n) is 0.701. The summed E-state index contributed by atoms with van der Waals surface area (Å²) < 4.78 is -0.0984. The van der Waals surface area contributed by atoms with Crippen molar-refractivity contribution in [1.82, 2.24) is 4.98 Å². The molecule has 0 saturated carbocycles. The van der Waals surface area contributed by atoms with Crippen LogP contribution in [0.15, 0.2) is 18.5 Å². The molecule has 0 aliphatic heterocycles. The molecule has 1 amide bonds. The van der Waals surface area contributed by atoms with Gasteiger partial charge >= 0.3 is 0 Å². The van der Waals surface area contributed by atoms with Gasteiger partial charge in [0.05, 0.1) is 11.9 Å². The third-order valence-corrected chi connectivity index (χ3v) is 1.54. The van der Waals surface area contributed by atoms with E-state index in [2.05, 4.69) is 10.3 Å². The third-order valence-electron chi connectivity index (χ3n) is 1.27. The van der Waals surface area contributed by atoms with Gasteiger partial charge in [0.1, 0.15) is 0 Å². The van der Waals surface area contributed by atoms with Gasteiger partial charge < -0.3 is 5.32 Å². The van der Waals surface area contributed by atoms with E-state index in [-0.39, 0.29) is 3.91 Å². The second kappa shape index (κ2) is 3.66. The van der Waals surface area contributed by atoms with Crippen molar-refractivity contribution >= 4 is 32.2 Å². The quantitative estimate of drug-likeness (QED) is 0.479. The molecule has 0 bridgehead atoms. The molecule has 58 valence electrons. The van der Waals surface area contributed by atoms with Crippen LogP contribution < -0.4 is 5.32 Å². The van der Waals surface area contributed by atoms with Gasteiger partial charge in [-0.15, -0.1) is 0 Å². The van der Waals surface area contributed by atoms with Gasteiger partial charge in [0.25, 0.3) is 3.91 Å². The lowest BCUT2D eigenvalue weighted by Gasteiger charge is -2.02. The number of aryl methyl sites for hydroxylation is 1. The minimum absolute atomic E-state index is 0.0984. The number of carbonyl (C=O) groups excluding carboxylic acids is 1. The van der Waals surface area contributed by atoms with Crippen LogP contribution in [0.4, 0.5) is 10.5 Å². The Hall–Kier alpha value is -0.650. The van der Waals surface area contributed by atoms with Crippen LogP contribution in [-0.4, -0.2) is 8.90 Å². The van der Waals surface area contributed by atoms with Crippen molar-refractivity contribution in [3.63, 3.8) is 0 Å². The molecular formula is C7H7IN2O. The molecule has 0 fully saturated rings. The number of halogens is 1. The van der Waals surface area contributed by atoms with Crippen molar-refractivity contribution in [2.45, 2.75) is 6.92 Å². The maximum absolute atomic E-state index is 10.6. The van der Waals surface area contributed by atoms with E-state index in [9.17, 15) is 4.79 Å². The Labute approximate surface area is 78.4 Å². The van der Waals surface area contributed by atoms with Crippen molar-refractivity contribution in [3.8, 4) is 0 Å². The van der Waals surface area contributed by atoms with E-state index >= 15 is 0 Å². The van der Waals surface area contributed by atoms with Gasteiger partial charge in [-0.2, -0.15) is 0 Å². The van der Waals surface area contributed by atoms with Crippen LogP contribution in [-0.2, 0) is 0 Å². The summed E-state index contributed by atoms with van der Waals surface area (Å²) in [7, 11) is 0. The predicted molar refractivity (Wildman–Crippen MR) is 52.0 cm³/mol. The Morgan fingerprint density at radius 2 is 2.45 bits per heavy atom. The van der Waals surface area contributed by atoms with Crippen molar-refractivity contribution in [3.05, 3.63) is 24.0 Å². The maximum atomic E-state index is 10.6. The Bertz CT molecular complexity index is 275. The van der Waals surface area contributed by atoms with Gasteiger partial charge in [0.2, 0.25) is 0 Å². The van der Waals surface area contributed by atoms with Crippen LogP contribution in [0.5, 0.6) is 0 Å². The highest BCUT2D eigenvalue weighted by atomic mass is 127. The third kappa shape index (κ3) is 2.45. The van der Waals surface area contributed by atoms with Crippen LogP contribution in [0.2, 0.25) is 0 Å². The van der Waals surface area contributed by atoms with E-state index in [1.54, 1.807) is 35.0 Å². The number of anilines is 1. The molecule has 1 N–H and O–H groups in total. The molecule has 0 spiro atoms. The number of rotatable bonds is 1. The summed E-state index contributed by atoms with van der Waals surface area (Å²) in [6.45, 7) is 1.92. The van der Waals surface area contributed by atoms with Crippen molar-refractivity contribution in [2.75, 3.05) is 5.32 Å². The van der Waals surface area contributed by atoms with E-state index in [1.807, 2.05) is 13.0 Å². The highest BCUT2D eigenvalue weighted by molar-refractivity contribution is 14.1. The number of carbonyl (C=O) groups is 1. The number of aromatic nitrogens is 1. The van der Waals surface area contributed by atoms with Gasteiger partial charge in [-0.1, -0.05) is 0 Å². The molecule has 4 heteroatoms. The van der Waals surface area contributed by atoms with E-state index in [0.29, 0.717) is 0 Å². The molecule has 1 aromatic rings. The van der Waals surface area contributed by atoms with Crippen LogP contribution in [0, 0.1) is 6.92 Å². The second-order valence-corrected chi connectivity index (χ2v) is 3.07. The lowest BCUT2D eigenvalue weighted by molar-refractivity contribution is 0.271. The summed E-state index contributed by atoms with van der Waals surface area (Å²) in [6, 6.07) is 1.85. The molecule has 0 aliphatic rings. The second-order valence-electron chi connectivity index (χ2n) is 2.09. The minimum atomic E-state index is -0.0984. The summed E-state index contributed by atoms with van der Waals surface area (Å²) in [5.41, 5.74) is 1.79. The smallest absolute Gasteiger partial charge is 0.285 e. The topological polar surface area (TPSA) is 42.0 Å². The number of hydrogen-bond acceptors (Lipinski definition) is 2. The summed E-state index contributed by atoms with van der Waals surface area (Å²) in [6.07, 6.45) is 3.32. The van der Waals surface area contributed by atoms with Gasteiger partial charge in [-0.3, -0.25) is 9.78 Å². The summed E-state index contributed by atoms with van der Waals surface area (Å²) in [5, 5.41) is 2.66. The van der Waals surface area contributed by atoms with Crippen molar-refractivity contribution in [1.29, 1.82) is 0 Å². The number of hydrogen-bond donors (Lipinski definition) is 1. The summed E-state index contributed by atoms with van der Waals surface area (Å²) in [4.78, 5) is 14.5. The zero-order valence-corrected chi connectivity index (χ0v) is 8.12. The SMILES string of the molecule is Cc1ccncc1NC(=O)I. The molecule has 1 aromatic heterocycles. The lowest BCUT2D eigenvalue weighted by atomic mass is 10.2. The Kier molecular flexibility index (Phi) is 2.81. The van der Waals surface area contributed by atoms with Crippen molar-refractivity contribution in [2.24, 2.45) is 0 Å². The number of nitrogens with one attached hydrogen (secondary N) is 1. The maximum Gasteiger partial charge on any atom is 0.285 e. The molecule has 0 saturated heterocycles. The van der Waals surface area contributed by atoms with Crippen LogP contribution in [0.25, 0.3) is 0 Å². The van der Waals surface area contributed by atoms with Crippen LogP contribution in [0.1, 0.15) is 5.56 Å². The van der Waals surface area contributed by atoms with E-state index in [1.165, 1.54) is 0 Å². The highest BCUT2D eigenvalue weighted by Crippen LogP contribution is 2.12. The summed E-state index contributed by atoms with van der Waals surface area (Å²) >= 11 is 1.68. The number of pyridine rings is 1. The zero-order valence-electron chi connectivity index (χ0n) is 5.97. The Morgan fingerprint density at radius 3 is 3.00 bits per heavy atom. The van der Waals surface area contributed by atoms with Gasteiger partial charge in [0, 0.05) is 28.8 Å². The van der Waals surface area contributed by atoms with Gasteiger partial charge in [-0.25, -0.2) is 0 Å². The van der Waals surface area contributed by atoms with Crippen LogP contribution >= 0.6 is 22.6 Å². The molecule has 0 aromatic carbocycles. The van der Waals surface area contributed by atoms with Crippen LogP contribution in [0.3, 0.4) is 0 Å². The minimum Gasteiger partial charge on any atom is -0.316 e. The first kappa shape index (κ1) is 8.45. The number of nitrogens with zero attached hydrogens (tertiary/aromatic N) is 1. The normalized spacial score (nSPS) is 9.27. The molecule has 0 radical (unpaired) electrons. The fraction of sp³-hybridized carbons (Fsp3) is 0.143. The molecule has 3 nitrogen and oxygen atoms in total. The van der Waals surface area contributed by atoms with Crippen molar-refractivity contribution < 1.29 is 4.79 Å². The molecule has 1 heterocycles. The van der Waals surface area contributed by atoms with E-state index < -0.39 is 0 Å². The Morgan fingerprint density at radius 1 is 1.73 bits per heavy atom. The Balaban J connectivity index is 2.86. The average Bonchev–Trinajstić information content (AvgIpc) is 1.93. The molecule has 1 rings (SSSR count). The molecular weight excluding hydrogens is 255 g/mol. The lowest BCUT2D eigenvalue weighted by Crippen LogP contribution is -2.02. The zero-order chi connectivity index (χ0) is 8.27. The monoisotopic (exact) mass is 262 g/mol. The highest BCUT2D eigenvalue weighted by Gasteiger charge is 1.98. The first-order chi connectivity index (χ1) is 5.20. The molecule has 11 heavy (non-hydrogen) atoms.